The maximum Gasteiger partial charge on any atom is 0.329 e. The molecule has 9 nitrogen and oxygen atoms in total. The Hall–Kier alpha value is -1.91. The molecule has 0 aliphatic carbocycles. The van der Waals surface area contributed by atoms with Gasteiger partial charge in [0.2, 0.25) is 11.8 Å². The molecule has 0 unspecified atom stereocenters. The summed E-state index contributed by atoms with van der Waals surface area (Å²) in [5, 5.41) is 5.59. The molecule has 0 aromatic heterocycles. The van der Waals surface area contributed by atoms with Gasteiger partial charge in [-0.15, -0.1) is 0 Å². The summed E-state index contributed by atoms with van der Waals surface area (Å²) in [6, 6.07) is -0.866. The predicted octanol–water partition coefficient (Wildman–Crippen LogP) is 3.16. The van der Waals surface area contributed by atoms with E-state index in [1.54, 1.807) is 19.9 Å². The monoisotopic (exact) mass is 528 g/mol. The number of carbonyl (C=O) groups excluding carboxylic acids is 4. The Bertz CT molecular complexity index is 700. The van der Waals surface area contributed by atoms with Crippen molar-refractivity contribution in [3.05, 3.63) is 12.2 Å². The second-order valence-electron chi connectivity index (χ2n) is 9.09. The van der Waals surface area contributed by atoms with E-state index in [2.05, 4.69) is 17.6 Å². The molecular formula is C26H44N2O7S. The number of carbonyl (C=O) groups is 4. The maximum atomic E-state index is 12.8. The Labute approximate surface area is 219 Å². The third kappa shape index (κ3) is 16.0. The first-order valence-electron chi connectivity index (χ1n) is 13.1. The van der Waals surface area contributed by atoms with Gasteiger partial charge in [0.15, 0.2) is 5.12 Å². The Morgan fingerprint density at radius 1 is 1.06 bits per heavy atom. The van der Waals surface area contributed by atoms with Crippen LogP contribution in [0.1, 0.15) is 72.1 Å². The third-order valence-electron chi connectivity index (χ3n) is 5.45. The standard InChI is InChI=1S/C26H44N2O7S/c1-4-5-6-7-8-12-24(31)36-17-10-9-11-21-18-22(29)27-13-14-33-15-16-34-19-23(30)28-25(20(2)3)26(32)35-21/h9,11,20-21,25H,4-8,10,12-19H2,1-3H3,(H,27,29)(H,28,30)/b11-9+/t21-,25-/m1/s1. The number of cyclic esters (lactones) is 1. The Balaban J connectivity index is 2.65. The molecule has 1 rings (SSSR count). The van der Waals surface area contributed by atoms with E-state index in [0.29, 0.717) is 38.4 Å². The Kier molecular flexibility index (Phi) is 18.0. The fourth-order valence-electron chi connectivity index (χ4n) is 3.42. The van der Waals surface area contributed by atoms with Crippen LogP contribution >= 0.6 is 11.8 Å². The quantitative estimate of drug-likeness (QED) is 0.238. The van der Waals surface area contributed by atoms with Gasteiger partial charge in [-0.2, -0.15) is 0 Å². The van der Waals surface area contributed by atoms with Crippen molar-refractivity contribution in [1.29, 1.82) is 0 Å². The highest BCUT2D eigenvalue weighted by molar-refractivity contribution is 8.13. The molecule has 1 aliphatic heterocycles. The van der Waals surface area contributed by atoms with Crippen molar-refractivity contribution < 1.29 is 33.4 Å². The minimum Gasteiger partial charge on any atom is -0.456 e. The van der Waals surface area contributed by atoms with E-state index < -0.39 is 24.0 Å². The highest BCUT2D eigenvalue weighted by atomic mass is 32.2. The molecule has 0 saturated carbocycles. The van der Waals surface area contributed by atoms with E-state index in [0.717, 1.165) is 12.8 Å². The summed E-state index contributed by atoms with van der Waals surface area (Å²) in [5.41, 5.74) is 0. The zero-order chi connectivity index (χ0) is 26.6. The smallest absolute Gasteiger partial charge is 0.329 e. The summed E-state index contributed by atoms with van der Waals surface area (Å²) in [4.78, 5) is 49.4. The number of amides is 2. The van der Waals surface area contributed by atoms with Gasteiger partial charge >= 0.3 is 5.97 Å². The molecule has 2 amide bonds. The van der Waals surface area contributed by atoms with Crippen LogP contribution in [0.2, 0.25) is 0 Å². The summed E-state index contributed by atoms with van der Waals surface area (Å²) in [5.74, 6) is -0.897. The van der Waals surface area contributed by atoms with Crippen LogP contribution in [0.25, 0.3) is 0 Å². The van der Waals surface area contributed by atoms with E-state index in [4.69, 9.17) is 14.2 Å². The van der Waals surface area contributed by atoms with E-state index in [-0.39, 0.29) is 36.6 Å². The van der Waals surface area contributed by atoms with Gasteiger partial charge in [-0.1, -0.05) is 64.3 Å². The zero-order valence-electron chi connectivity index (χ0n) is 22.1. The number of unbranched alkanes of at least 4 members (excludes halogenated alkanes) is 4. The van der Waals surface area contributed by atoms with Crippen LogP contribution in [0.5, 0.6) is 0 Å². The highest BCUT2D eigenvalue weighted by Crippen LogP contribution is 2.14. The minimum absolute atomic E-state index is 0.0477. The van der Waals surface area contributed by atoms with Crippen molar-refractivity contribution in [2.45, 2.75) is 84.3 Å². The van der Waals surface area contributed by atoms with E-state index >= 15 is 0 Å². The number of esters is 1. The van der Waals surface area contributed by atoms with Crippen LogP contribution in [-0.4, -0.2) is 73.8 Å². The summed E-state index contributed by atoms with van der Waals surface area (Å²) in [7, 11) is 0. The summed E-state index contributed by atoms with van der Waals surface area (Å²) in [6.07, 6.45) is 9.45. The molecule has 0 spiro atoms. The van der Waals surface area contributed by atoms with Crippen molar-refractivity contribution in [2.75, 3.05) is 38.7 Å². The SMILES string of the molecule is CCCCCCCC(=O)SCC/C=C/[C@@H]1CC(=O)NCCOCCOCC(=O)N[C@H](C(C)C)C(=O)O1. The molecule has 2 N–H and O–H groups in total. The molecule has 0 aromatic rings. The van der Waals surface area contributed by atoms with E-state index in [9.17, 15) is 19.2 Å². The molecular weight excluding hydrogens is 484 g/mol. The van der Waals surface area contributed by atoms with Crippen molar-refractivity contribution in [2.24, 2.45) is 5.92 Å². The number of ether oxygens (including phenoxy) is 3. The van der Waals surface area contributed by atoms with Crippen LogP contribution in [0.4, 0.5) is 0 Å². The fraction of sp³-hybridized carbons (Fsp3) is 0.769. The van der Waals surface area contributed by atoms with Crippen LogP contribution < -0.4 is 10.6 Å². The largest absolute Gasteiger partial charge is 0.456 e. The molecule has 1 aliphatic rings. The Morgan fingerprint density at radius 3 is 2.56 bits per heavy atom. The van der Waals surface area contributed by atoms with Gasteiger partial charge in [0.05, 0.1) is 26.2 Å². The van der Waals surface area contributed by atoms with E-state index in [1.807, 2.05) is 6.08 Å². The van der Waals surface area contributed by atoms with Crippen molar-refractivity contribution in [3.63, 3.8) is 0 Å². The first-order chi connectivity index (χ1) is 17.3. The number of hydrogen-bond acceptors (Lipinski definition) is 8. The molecule has 36 heavy (non-hydrogen) atoms. The van der Waals surface area contributed by atoms with Crippen molar-refractivity contribution >= 4 is 34.7 Å². The Morgan fingerprint density at radius 2 is 1.81 bits per heavy atom. The average Bonchev–Trinajstić information content (AvgIpc) is 2.82. The summed E-state index contributed by atoms with van der Waals surface area (Å²) >= 11 is 1.31. The molecule has 1 saturated heterocycles. The fourth-order valence-corrected chi connectivity index (χ4v) is 4.19. The molecule has 0 aromatic carbocycles. The van der Waals surface area contributed by atoms with Crippen LogP contribution in [0, 0.1) is 5.92 Å². The second kappa shape index (κ2) is 20.2. The maximum absolute atomic E-state index is 12.8. The number of nitrogens with one attached hydrogen (secondary N) is 2. The van der Waals surface area contributed by atoms with Gasteiger partial charge in [-0.05, 0) is 24.8 Å². The van der Waals surface area contributed by atoms with Gasteiger partial charge in [-0.25, -0.2) is 4.79 Å². The molecule has 0 bridgehead atoms. The first-order valence-corrected chi connectivity index (χ1v) is 14.1. The lowest BCUT2D eigenvalue weighted by Gasteiger charge is -2.23. The van der Waals surface area contributed by atoms with Gasteiger partial charge in [0.1, 0.15) is 18.8 Å². The van der Waals surface area contributed by atoms with Crippen LogP contribution in [0.15, 0.2) is 12.2 Å². The number of allylic oxidation sites excluding steroid dienone is 1. The lowest BCUT2D eigenvalue weighted by atomic mass is 10.0. The number of rotatable bonds is 11. The van der Waals surface area contributed by atoms with Gasteiger partial charge in [-0.3, -0.25) is 14.4 Å². The topological polar surface area (TPSA) is 120 Å². The molecule has 0 radical (unpaired) electrons. The normalized spacial score (nSPS) is 21.3. The predicted molar refractivity (Wildman–Crippen MR) is 141 cm³/mol. The molecule has 1 heterocycles. The molecule has 2 atom stereocenters. The van der Waals surface area contributed by atoms with Crippen molar-refractivity contribution in [1.82, 2.24) is 10.6 Å². The van der Waals surface area contributed by atoms with Gasteiger partial charge in [0, 0.05) is 18.7 Å². The molecule has 1 fully saturated rings. The number of hydrogen-bond donors (Lipinski definition) is 2. The van der Waals surface area contributed by atoms with Gasteiger partial charge in [0.25, 0.3) is 0 Å². The summed E-state index contributed by atoms with van der Waals surface area (Å²) < 4.78 is 16.3. The summed E-state index contributed by atoms with van der Waals surface area (Å²) in [6.45, 7) is 6.73. The third-order valence-corrected chi connectivity index (χ3v) is 6.41. The number of thioether (sulfide) groups is 1. The lowest BCUT2D eigenvalue weighted by molar-refractivity contribution is -0.153. The zero-order valence-corrected chi connectivity index (χ0v) is 22.9. The second-order valence-corrected chi connectivity index (χ2v) is 10.2. The van der Waals surface area contributed by atoms with Crippen molar-refractivity contribution in [3.8, 4) is 0 Å². The first kappa shape index (κ1) is 32.1. The van der Waals surface area contributed by atoms with Crippen LogP contribution in [-0.2, 0) is 33.4 Å². The lowest BCUT2D eigenvalue weighted by Crippen LogP contribution is -2.47. The minimum atomic E-state index is -0.866. The van der Waals surface area contributed by atoms with E-state index in [1.165, 1.54) is 31.0 Å². The highest BCUT2D eigenvalue weighted by Gasteiger charge is 2.28. The average molecular weight is 529 g/mol. The molecule has 10 heteroatoms. The molecule has 206 valence electrons. The van der Waals surface area contributed by atoms with Crippen LogP contribution in [0.3, 0.4) is 0 Å². The van der Waals surface area contributed by atoms with Gasteiger partial charge < -0.3 is 24.8 Å².